The van der Waals surface area contributed by atoms with Crippen molar-refractivity contribution in [3.63, 3.8) is 0 Å². The molecule has 7 nitrogen and oxygen atoms in total. The van der Waals surface area contributed by atoms with Gasteiger partial charge in [-0.25, -0.2) is 0 Å². The highest BCUT2D eigenvalue weighted by Gasteiger charge is 2.39. The summed E-state index contributed by atoms with van der Waals surface area (Å²) in [4.78, 5) is 22.2. The van der Waals surface area contributed by atoms with E-state index in [1.54, 1.807) is 36.5 Å². The maximum Gasteiger partial charge on any atom is 0.258 e. The Morgan fingerprint density at radius 1 is 1.12 bits per heavy atom. The van der Waals surface area contributed by atoms with Crippen LogP contribution in [0.3, 0.4) is 0 Å². The van der Waals surface area contributed by atoms with Crippen LogP contribution in [0.2, 0.25) is 0 Å². The summed E-state index contributed by atoms with van der Waals surface area (Å²) in [7, 11) is 1.76. The predicted molar refractivity (Wildman–Crippen MR) is 88.2 cm³/mol. The molecule has 1 aliphatic heterocycles. The summed E-state index contributed by atoms with van der Waals surface area (Å²) in [6.07, 6.45) is 2.82. The lowest BCUT2D eigenvalue weighted by Gasteiger charge is -2.37. The number of benzene rings is 1. The molecule has 3 aromatic rings. The molecule has 0 N–H and O–H groups in total. The number of ether oxygens (including phenoxy) is 1. The first-order valence-electron chi connectivity index (χ1n) is 7.90. The fraction of sp³-hybridized carbons (Fsp3) is 0.222. The van der Waals surface area contributed by atoms with Crippen LogP contribution in [0.4, 0.5) is 0 Å². The fourth-order valence-corrected chi connectivity index (χ4v) is 2.94. The monoisotopic (exact) mass is 336 g/mol. The smallest absolute Gasteiger partial charge is 0.258 e. The highest BCUT2D eigenvalue weighted by molar-refractivity contribution is 5.78. The number of amides is 1. The second kappa shape index (κ2) is 6.45. The highest BCUT2D eigenvalue weighted by atomic mass is 16.5. The van der Waals surface area contributed by atoms with E-state index in [9.17, 15) is 4.79 Å². The lowest BCUT2D eigenvalue weighted by atomic mass is 9.98. The van der Waals surface area contributed by atoms with Crippen molar-refractivity contribution in [2.45, 2.75) is 12.1 Å². The van der Waals surface area contributed by atoms with Crippen molar-refractivity contribution < 1.29 is 14.1 Å². The number of rotatable bonds is 3. The van der Waals surface area contributed by atoms with Crippen LogP contribution in [-0.2, 0) is 9.53 Å². The molecule has 4 rings (SSSR count). The normalized spacial score (nSPS) is 20.7. The summed E-state index contributed by atoms with van der Waals surface area (Å²) in [5.74, 6) is 0.728. The Bertz CT molecular complexity index is 866. The highest BCUT2D eigenvalue weighted by Crippen LogP contribution is 2.38. The largest absolute Gasteiger partial charge is 0.356 e. The van der Waals surface area contributed by atoms with Crippen LogP contribution in [0.5, 0.6) is 0 Å². The Hall–Kier alpha value is -3.06. The zero-order chi connectivity index (χ0) is 17.2. The molecule has 0 saturated carbocycles. The molecule has 1 aromatic carbocycles. The molecule has 0 radical (unpaired) electrons. The first-order valence-corrected chi connectivity index (χ1v) is 7.90. The molecule has 7 heteroatoms. The number of carbonyl (C=O) groups excluding carboxylic acids is 1. The van der Waals surface area contributed by atoms with Crippen molar-refractivity contribution in [2.24, 2.45) is 0 Å². The van der Waals surface area contributed by atoms with E-state index in [-0.39, 0.29) is 18.6 Å². The van der Waals surface area contributed by atoms with E-state index in [0.29, 0.717) is 11.7 Å². The second-order valence-electron chi connectivity index (χ2n) is 5.78. The van der Waals surface area contributed by atoms with Gasteiger partial charge >= 0.3 is 0 Å². The first-order chi connectivity index (χ1) is 12.2. The Morgan fingerprint density at radius 2 is 1.88 bits per heavy atom. The Kier molecular flexibility index (Phi) is 3.99. The SMILES string of the molecule is CN1C(=O)CO[C@H](c2nc(-c3ccncc3)no2)[C@@H]1c1ccccc1. The number of carbonyl (C=O) groups is 1. The summed E-state index contributed by atoms with van der Waals surface area (Å²) in [6, 6.07) is 13.0. The molecule has 1 aliphatic rings. The Balaban J connectivity index is 1.70. The van der Waals surface area contributed by atoms with E-state index >= 15 is 0 Å². The molecule has 0 bridgehead atoms. The van der Waals surface area contributed by atoms with Gasteiger partial charge in [-0.1, -0.05) is 35.5 Å². The minimum atomic E-state index is -0.520. The number of hydrogen-bond donors (Lipinski definition) is 0. The summed E-state index contributed by atoms with van der Waals surface area (Å²) in [5.41, 5.74) is 1.76. The summed E-state index contributed by atoms with van der Waals surface area (Å²) in [6.45, 7) is -0.0164. The van der Waals surface area contributed by atoms with Gasteiger partial charge in [0.2, 0.25) is 11.7 Å². The van der Waals surface area contributed by atoms with Crippen LogP contribution in [0.15, 0.2) is 59.4 Å². The van der Waals surface area contributed by atoms with Gasteiger partial charge in [-0.15, -0.1) is 0 Å². The van der Waals surface area contributed by atoms with Crippen molar-refractivity contribution >= 4 is 5.91 Å². The Labute approximate surface area is 144 Å². The number of nitrogens with zero attached hydrogens (tertiary/aromatic N) is 4. The molecule has 0 unspecified atom stereocenters. The van der Waals surface area contributed by atoms with Gasteiger partial charge in [0.15, 0.2) is 6.10 Å². The third kappa shape index (κ3) is 2.89. The fourth-order valence-electron chi connectivity index (χ4n) is 2.94. The molecule has 2 aromatic heterocycles. The molecular formula is C18H16N4O3. The number of hydrogen-bond acceptors (Lipinski definition) is 6. The van der Waals surface area contributed by atoms with Gasteiger partial charge in [0.25, 0.3) is 5.89 Å². The predicted octanol–water partition coefficient (Wildman–Crippen LogP) is 2.40. The molecule has 3 heterocycles. The average Bonchev–Trinajstić information content (AvgIpc) is 3.15. The third-order valence-corrected chi connectivity index (χ3v) is 4.25. The maximum atomic E-state index is 12.1. The summed E-state index contributed by atoms with van der Waals surface area (Å²) in [5, 5.41) is 4.04. The molecule has 2 atom stereocenters. The van der Waals surface area contributed by atoms with Crippen molar-refractivity contribution in [1.29, 1.82) is 0 Å². The maximum absolute atomic E-state index is 12.1. The van der Waals surface area contributed by atoms with Gasteiger partial charge in [0, 0.05) is 25.0 Å². The van der Waals surface area contributed by atoms with E-state index in [2.05, 4.69) is 15.1 Å². The van der Waals surface area contributed by atoms with Crippen molar-refractivity contribution in [3.8, 4) is 11.4 Å². The summed E-state index contributed by atoms with van der Waals surface area (Å²) < 4.78 is 11.2. The van der Waals surface area contributed by atoms with Crippen LogP contribution in [-0.4, -0.2) is 39.6 Å². The molecule has 126 valence electrons. The van der Waals surface area contributed by atoms with Crippen LogP contribution in [0.1, 0.15) is 23.6 Å². The number of morpholine rings is 1. The second-order valence-corrected chi connectivity index (χ2v) is 5.78. The van der Waals surface area contributed by atoms with E-state index in [0.717, 1.165) is 11.1 Å². The zero-order valence-electron chi connectivity index (χ0n) is 13.6. The standard InChI is InChI=1S/C18H16N4O3/c1-22-14(23)11-24-16(15(22)12-5-3-2-4-6-12)18-20-17(21-25-18)13-7-9-19-10-8-13/h2-10,15-16H,11H2,1H3/t15-,16-/m0/s1. The van der Waals surface area contributed by atoms with Crippen LogP contribution < -0.4 is 0 Å². The van der Waals surface area contributed by atoms with Crippen LogP contribution in [0, 0.1) is 0 Å². The minimum Gasteiger partial charge on any atom is -0.356 e. The third-order valence-electron chi connectivity index (χ3n) is 4.25. The lowest BCUT2D eigenvalue weighted by molar-refractivity contribution is -0.157. The molecule has 0 aliphatic carbocycles. The lowest BCUT2D eigenvalue weighted by Crippen LogP contribution is -2.43. The molecular weight excluding hydrogens is 320 g/mol. The van der Waals surface area contributed by atoms with Gasteiger partial charge in [-0.3, -0.25) is 9.78 Å². The van der Waals surface area contributed by atoms with Gasteiger partial charge in [-0.2, -0.15) is 4.98 Å². The van der Waals surface area contributed by atoms with Crippen molar-refractivity contribution in [1.82, 2.24) is 20.0 Å². The zero-order valence-corrected chi connectivity index (χ0v) is 13.6. The van der Waals surface area contributed by atoms with Gasteiger partial charge < -0.3 is 14.2 Å². The topological polar surface area (TPSA) is 81.4 Å². The molecule has 25 heavy (non-hydrogen) atoms. The van der Waals surface area contributed by atoms with Crippen LogP contribution in [0.25, 0.3) is 11.4 Å². The van der Waals surface area contributed by atoms with Crippen molar-refractivity contribution in [2.75, 3.05) is 13.7 Å². The van der Waals surface area contributed by atoms with Gasteiger partial charge in [0.05, 0.1) is 6.04 Å². The van der Waals surface area contributed by atoms with Crippen molar-refractivity contribution in [3.05, 3.63) is 66.3 Å². The van der Waals surface area contributed by atoms with Crippen LogP contribution >= 0.6 is 0 Å². The number of aromatic nitrogens is 3. The number of likely N-dealkylation sites (N-methyl/N-ethyl adjacent to an activating group) is 1. The average molecular weight is 336 g/mol. The minimum absolute atomic E-state index is 0.0164. The molecule has 1 fully saturated rings. The van der Waals surface area contributed by atoms with E-state index in [1.165, 1.54) is 0 Å². The molecule has 0 spiro atoms. The van der Waals surface area contributed by atoms with Gasteiger partial charge in [-0.05, 0) is 17.7 Å². The first kappa shape index (κ1) is 15.5. The summed E-state index contributed by atoms with van der Waals surface area (Å²) >= 11 is 0. The molecule has 1 saturated heterocycles. The van der Waals surface area contributed by atoms with E-state index in [4.69, 9.17) is 9.26 Å². The quantitative estimate of drug-likeness (QED) is 0.730. The number of pyridine rings is 1. The van der Waals surface area contributed by atoms with E-state index < -0.39 is 6.10 Å². The van der Waals surface area contributed by atoms with E-state index in [1.807, 2.05) is 30.3 Å². The molecule has 1 amide bonds. The van der Waals surface area contributed by atoms with Gasteiger partial charge in [0.1, 0.15) is 6.61 Å². The Morgan fingerprint density at radius 3 is 2.64 bits per heavy atom.